The number of aryl methyl sites for hydroxylation is 1. The van der Waals surface area contributed by atoms with Crippen LogP contribution in [-0.4, -0.2) is 11.5 Å². The van der Waals surface area contributed by atoms with Crippen LogP contribution in [0.4, 0.5) is 13.2 Å². The van der Waals surface area contributed by atoms with Gasteiger partial charge in [0.2, 0.25) is 0 Å². The number of benzene rings is 3. The molecule has 4 heteroatoms. The van der Waals surface area contributed by atoms with E-state index in [4.69, 9.17) is 0 Å². The van der Waals surface area contributed by atoms with Gasteiger partial charge in [0, 0.05) is 28.2 Å². The standard InChI is InChI=1S/C31H21F3O/c1-18-2-4-21(5-3-18)28-26(19-6-10-24(32)11-7-19)27(20-8-12-25(33)13-9-20)29(30(28)35)22-14-15-31(34)17-23(31)16-22/h2-16,23H,17H2,1H3. The van der Waals surface area contributed by atoms with Crippen molar-refractivity contribution in [2.24, 2.45) is 5.92 Å². The van der Waals surface area contributed by atoms with Crippen molar-refractivity contribution >= 4 is 22.5 Å². The predicted molar refractivity (Wildman–Crippen MR) is 132 cm³/mol. The third-order valence-electron chi connectivity index (χ3n) is 7.01. The van der Waals surface area contributed by atoms with Crippen LogP contribution in [0.3, 0.4) is 0 Å². The lowest BCUT2D eigenvalue weighted by Crippen LogP contribution is -2.09. The van der Waals surface area contributed by atoms with Crippen LogP contribution < -0.4 is 0 Å². The molecule has 0 heterocycles. The number of carbonyl (C=O) groups excluding carboxylic acids is 1. The number of Topliss-reactive ketones (excluding diaryl/α,β-unsaturated/α-hetero) is 1. The Morgan fingerprint density at radius 3 is 1.74 bits per heavy atom. The largest absolute Gasteiger partial charge is 0.289 e. The zero-order valence-electron chi connectivity index (χ0n) is 19.0. The average molecular weight is 467 g/mol. The van der Waals surface area contributed by atoms with Crippen molar-refractivity contribution in [2.45, 2.75) is 19.0 Å². The molecule has 0 spiro atoms. The lowest BCUT2D eigenvalue weighted by molar-refractivity contribution is -0.110. The zero-order valence-corrected chi connectivity index (χ0v) is 19.0. The van der Waals surface area contributed by atoms with Gasteiger partial charge in [-0.05, 0) is 65.9 Å². The predicted octanol–water partition coefficient (Wildman–Crippen LogP) is 7.44. The molecule has 0 amide bonds. The molecule has 1 fully saturated rings. The second kappa shape index (κ2) is 7.81. The number of halogens is 3. The van der Waals surface area contributed by atoms with E-state index >= 15 is 0 Å². The maximum absolute atomic E-state index is 14.6. The highest BCUT2D eigenvalue weighted by Gasteiger charge is 2.54. The minimum atomic E-state index is -1.32. The Bertz CT molecular complexity index is 1490. The highest BCUT2D eigenvalue weighted by atomic mass is 19.1. The van der Waals surface area contributed by atoms with Crippen LogP contribution in [-0.2, 0) is 4.79 Å². The molecule has 3 aromatic carbocycles. The minimum absolute atomic E-state index is 0.185. The van der Waals surface area contributed by atoms with Crippen molar-refractivity contribution in [3.05, 3.63) is 136 Å². The highest BCUT2D eigenvalue weighted by Crippen LogP contribution is 2.55. The summed E-state index contributed by atoms with van der Waals surface area (Å²) in [5.74, 6) is -1.21. The monoisotopic (exact) mass is 466 g/mol. The van der Waals surface area contributed by atoms with Crippen LogP contribution in [0.25, 0.3) is 16.7 Å². The van der Waals surface area contributed by atoms with Crippen molar-refractivity contribution in [1.82, 2.24) is 0 Å². The van der Waals surface area contributed by atoms with Crippen molar-refractivity contribution in [3.8, 4) is 0 Å². The molecule has 0 aromatic heterocycles. The summed E-state index contributed by atoms with van der Waals surface area (Å²) in [6, 6.07) is 19.7. The van der Waals surface area contributed by atoms with E-state index < -0.39 is 5.67 Å². The van der Waals surface area contributed by atoms with E-state index in [0.29, 0.717) is 45.4 Å². The molecule has 2 unspecified atom stereocenters. The Labute approximate surface area is 201 Å². The number of hydrogen-bond donors (Lipinski definition) is 0. The van der Waals surface area contributed by atoms with Gasteiger partial charge in [-0.1, -0.05) is 66.2 Å². The van der Waals surface area contributed by atoms with Gasteiger partial charge in [0.05, 0.1) is 0 Å². The Balaban J connectivity index is 1.65. The summed E-state index contributed by atoms with van der Waals surface area (Å²) < 4.78 is 42.3. The first-order valence-electron chi connectivity index (χ1n) is 11.6. The second-order valence-electron chi connectivity index (χ2n) is 9.40. The first-order chi connectivity index (χ1) is 16.8. The number of allylic oxidation sites excluding steroid dienone is 8. The molecular weight excluding hydrogens is 445 g/mol. The number of ketones is 1. The third kappa shape index (κ3) is 3.61. The molecule has 6 rings (SSSR count). The normalized spacial score (nSPS) is 23.0. The van der Waals surface area contributed by atoms with Crippen molar-refractivity contribution in [1.29, 1.82) is 0 Å². The van der Waals surface area contributed by atoms with Gasteiger partial charge >= 0.3 is 0 Å². The molecule has 1 saturated carbocycles. The molecule has 2 atom stereocenters. The van der Waals surface area contributed by atoms with Gasteiger partial charge in [-0.2, -0.15) is 0 Å². The number of rotatable bonds is 4. The Morgan fingerprint density at radius 1 is 0.714 bits per heavy atom. The fraction of sp³-hybridized carbons (Fsp3) is 0.129. The first-order valence-corrected chi connectivity index (χ1v) is 11.6. The molecule has 3 aliphatic rings. The summed E-state index contributed by atoms with van der Waals surface area (Å²) in [6.07, 6.45) is 5.46. The van der Waals surface area contributed by atoms with Crippen molar-refractivity contribution < 1.29 is 18.0 Å². The van der Waals surface area contributed by atoms with Crippen LogP contribution in [0.15, 0.2) is 102 Å². The van der Waals surface area contributed by atoms with Crippen LogP contribution in [0.1, 0.15) is 28.7 Å². The topological polar surface area (TPSA) is 17.1 Å². The summed E-state index contributed by atoms with van der Waals surface area (Å²) in [5.41, 5.74) is 4.71. The molecule has 0 N–H and O–H groups in total. The average Bonchev–Trinajstić information content (AvgIpc) is 3.44. The lowest BCUT2D eigenvalue weighted by Gasteiger charge is -2.15. The summed E-state index contributed by atoms with van der Waals surface area (Å²) in [6.45, 7) is 1.97. The van der Waals surface area contributed by atoms with Gasteiger partial charge in [-0.15, -0.1) is 0 Å². The summed E-state index contributed by atoms with van der Waals surface area (Å²) in [7, 11) is 0. The molecule has 0 bridgehead atoms. The highest BCUT2D eigenvalue weighted by molar-refractivity contribution is 6.48. The summed E-state index contributed by atoms with van der Waals surface area (Å²) in [5, 5.41) is 0. The fourth-order valence-electron chi connectivity index (χ4n) is 5.02. The van der Waals surface area contributed by atoms with Crippen LogP contribution in [0.5, 0.6) is 0 Å². The van der Waals surface area contributed by atoms with Gasteiger partial charge in [0.1, 0.15) is 17.3 Å². The van der Waals surface area contributed by atoms with E-state index in [1.165, 1.54) is 30.3 Å². The van der Waals surface area contributed by atoms with E-state index in [9.17, 15) is 18.0 Å². The zero-order chi connectivity index (χ0) is 24.3. The second-order valence-corrected chi connectivity index (χ2v) is 9.40. The molecular formula is C31H21F3O. The van der Waals surface area contributed by atoms with Crippen LogP contribution >= 0.6 is 0 Å². The molecule has 3 aliphatic carbocycles. The van der Waals surface area contributed by atoms with E-state index in [-0.39, 0.29) is 23.3 Å². The minimum Gasteiger partial charge on any atom is -0.289 e. The van der Waals surface area contributed by atoms with E-state index in [1.807, 2.05) is 37.3 Å². The Hall–Kier alpha value is -3.92. The Kier molecular flexibility index (Phi) is 4.82. The molecule has 172 valence electrons. The molecule has 0 radical (unpaired) electrons. The van der Waals surface area contributed by atoms with E-state index in [1.54, 1.807) is 30.3 Å². The quantitative estimate of drug-likeness (QED) is 0.390. The Morgan fingerprint density at radius 2 is 1.20 bits per heavy atom. The molecule has 1 nitrogen and oxygen atoms in total. The van der Waals surface area contributed by atoms with E-state index in [0.717, 1.165) is 11.1 Å². The number of carbonyl (C=O) groups is 1. The lowest BCUT2D eigenvalue weighted by atomic mass is 9.88. The molecule has 0 saturated heterocycles. The van der Waals surface area contributed by atoms with Gasteiger partial charge in [0.25, 0.3) is 0 Å². The van der Waals surface area contributed by atoms with Crippen LogP contribution in [0, 0.1) is 24.5 Å². The van der Waals surface area contributed by atoms with Gasteiger partial charge in [-0.25, -0.2) is 13.2 Å². The first kappa shape index (κ1) is 21.6. The fourth-order valence-corrected chi connectivity index (χ4v) is 5.02. The van der Waals surface area contributed by atoms with E-state index in [2.05, 4.69) is 0 Å². The van der Waals surface area contributed by atoms with Crippen molar-refractivity contribution in [2.75, 3.05) is 0 Å². The molecule has 3 aromatic rings. The van der Waals surface area contributed by atoms with Crippen molar-refractivity contribution in [3.63, 3.8) is 0 Å². The SMILES string of the molecule is Cc1ccc(C2=C(c3ccc(F)cc3)C(c3ccc(F)cc3)=C(C3=CC4CC4(F)C=C3)C2=O)cc1. The van der Waals surface area contributed by atoms with Gasteiger partial charge in [0.15, 0.2) is 5.78 Å². The maximum Gasteiger partial charge on any atom is 0.195 e. The maximum atomic E-state index is 14.6. The third-order valence-corrected chi connectivity index (χ3v) is 7.01. The molecule has 35 heavy (non-hydrogen) atoms. The summed E-state index contributed by atoms with van der Waals surface area (Å²) >= 11 is 0. The number of hydrogen-bond acceptors (Lipinski definition) is 1. The molecule has 0 aliphatic heterocycles. The number of fused-ring (bicyclic) bond motifs is 1. The van der Waals surface area contributed by atoms with Gasteiger partial charge in [-0.3, -0.25) is 4.79 Å². The smallest absolute Gasteiger partial charge is 0.195 e. The number of alkyl halides is 1. The van der Waals surface area contributed by atoms with Gasteiger partial charge < -0.3 is 0 Å². The van der Waals surface area contributed by atoms with Crippen LogP contribution in [0.2, 0.25) is 0 Å². The summed E-state index contributed by atoms with van der Waals surface area (Å²) in [4.78, 5) is 14.2.